The molecule has 0 aliphatic rings. The molecule has 0 aliphatic carbocycles. The highest BCUT2D eigenvalue weighted by Gasteiger charge is 2.22. The maximum Gasteiger partial charge on any atom is 0.287 e. The normalized spacial score (nSPS) is 13.5. The van der Waals surface area contributed by atoms with Crippen LogP contribution in [0, 0.1) is 12.8 Å². The van der Waals surface area contributed by atoms with Crippen LogP contribution in [0.1, 0.15) is 49.9 Å². The van der Waals surface area contributed by atoms with Gasteiger partial charge in [0.05, 0.1) is 0 Å². The Bertz CT molecular complexity index is 577. The molecule has 0 aromatic carbocycles. The number of halogens is 1. The van der Waals surface area contributed by atoms with Crippen LogP contribution in [0.15, 0.2) is 15.4 Å². The summed E-state index contributed by atoms with van der Waals surface area (Å²) in [7, 11) is 1.36. The lowest BCUT2D eigenvalue weighted by Crippen LogP contribution is -2.32. The van der Waals surface area contributed by atoms with Gasteiger partial charge in [0.2, 0.25) is 0 Å². The molecule has 0 saturated heterocycles. The first-order chi connectivity index (χ1) is 9.11. The van der Waals surface area contributed by atoms with Gasteiger partial charge in [-0.3, -0.25) is 4.79 Å². The van der Waals surface area contributed by atoms with Crippen molar-refractivity contribution < 1.29 is 17.6 Å². The monoisotopic (exact) mass is 321 g/mol. The Morgan fingerprint density at radius 1 is 1.35 bits per heavy atom. The summed E-state index contributed by atoms with van der Waals surface area (Å²) in [6.07, 6.45) is 1.85. The van der Waals surface area contributed by atoms with Crippen molar-refractivity contribution in [1.29, 1.82) is 0 Å². The molecule has 1 N–H and O–H groups in total. The molecule has 1 aromatic heterocycles. The molecule has 0 radical (unpaired) electrons. The molecular weight excluding hydrogens is 302 g/mol. The number of rotatable bonds is 6. The van der Waals surface area contributed by atoms with Gasteiger partial charge in [0, 0.05) is 22.8 Å². The molecule has 0 aliphatic heterocycles. The van der Waals surface area contributed by atoms with Gasteiger partial charge in [0.15, 0.2) is 5.76 Å². The van der Waals surface area contributed by atoms with Crippen molar-refractivity contribution in [2.45, 2.75) is 51.5 Å². The third-order valence-electron chi connectivity index (χ3n) is 2.91. The van der Waals surface area contributed by atoms with Crippen LogP contribution in [-0.2, 0) is 9.05 Å². The summed E-state index contributed by atoms with van der Waals surface area (Å²) < 4.78 is 27.7. The van der Waals surface area contributed by atoms with Crippen molar-refractivity contribution in [2.24, 2.45) is 5.92 Å². The van der Waals surface area contributed by atoms with Gasteiger partial charge in [-0.2, -0.15) is 0 Å². The minimum Gasteiger partial charge on any atom is -0.455 e. The maximum atomic E-state index is 11.9. The van der Waals surface area contributed by atoms with E-state index >= 15 is 0 Å². The van der Waals surface area contributed by atoms with E-state index in [2.05, 4.69) is 19.2 Å². The molecule has 0 saturated carbocycles. The van der Waals surface area contributed by atoms with Gasteiger partial charge in [-0.25, -0.2) is 8.42 Å². The van der Waals surface area contributed by atoms with Crippen LogP contribution in [0.3, 0.4) is 0 Å². The largest absolute Gasteiger partial charge is 0.455 e. The lowest BCUT2D eigenvalue weighted by Gasteiger charge is -2.13. The minimum absolute atomic E-state index is 0.00800. The topological polar surface area (TPSA) is 76.4 Å². The van der Waals surface area contributed by atoms with Crippen molar-refractivity contribution >= 4 is 25.6 Å². The molecule has 114 valence electrons. The third kappa shape index (κ3) is 4.83. The number of hydrogen-bond donors (Lipinski definition) is 1. The summed E-state index contributed by atoms with van der Waals surface area (Å²) in [4.78, 5) is 11.8. The van der Waals surface area contributed by atoms with E-state index in [-0.39, 0.29) is 22.5 Å². The van der Waals surface area contributed by atoms with Crippen molar-refractivity contribution in [2.75, 3.05) is 0 Å². The number of nitrogens with one attached hydrogen (secondary N) is 1. The number of aryl methyl sites for hydroxylation is 1. The number of amides is 1. The van der Waals surface area contributed by atoms with E-state index < -0.39 is 15.0 Å². The van der Waals surface area contributed by atoms with E-state index in [0.29, 0.717) is 5.92 Å². The Kier molecular flexibility index (Phi) is 5.65. The second kappa shape index (κ2) is 6.63. The lowest BCUT2D eigenvalue weighted by molar-refractivity contribution is 0.0908. The van der Waals surface area contributed by atoms with Gasteiger partial charge >= 0.3 is 0 Å². The molecule has 1 rings (SSSR count). The molecule has 1 unspecified atom stereocenters. The van der Waals surface area contributed by atoms with Crippen LogP contribution in [0.25, 0.3) is 0 Å². The van der Waals surface area contributed by atoms with Crippen LogP contribution in [0.4, 0.5) is 0 Å². The quantitative estimate of drug-likeness (QED) is 0.817. The van der Waals surface area contributed by atoms with E-state index in [1.807, 2.05) is 6.92 Å². The molecule has 1 aromatic rings. The van der Waals surface area contributed by atoms with Gasteiger partial charge in [-0.05, 0) is 32.6 Å². The molecule has 0 bridgehead atoms. The summed E-state index contributed by atoms with van der Waals surface area (Å²) in [6.45, 7) is 7.58. The van der Waals surface area contributed by atoms with Crippen LogP contribution in [-0.4, -0.2) is 20.4 Å². The highest BCUT2D eigenvalue weighted by molar-refractivity contribution is 8.13. The fourth-order valence-corrected chi connectivity index (χ4v) is 2.86. The molecule has 20 heavy (non-hydrogen) atoms. The average Bonchev–Trinajstić information content (AvgIpc) is 2.68. The van der Waals surface area contributed by atoms with Crippen LogP contribution < -0.4 is 5.32 Å². The fourth-order valence-electron chi connectivity index (χ4n) is 1.77. The Hall–Kier alpha value is -1.01. The highest BCUT2D eigenvalue weighted by Crippen LogP contribution is 2.23. The van der Waals surface area contributed by atoms with Crippen molar-refractivity contribution in [3.05, 3.63) is 17.6 Å². The van der Waals surface area contributed by atoms with Crippen LogP contribution >= 0.6 is 10.7 Å². The van der Waals surface area contributed by atoms with E-state index in [9.17, 15) is 13.2 Å². The van der Waals surface area contributed by atoms with E-state index in [1.54, 1.807) is 0 Å². The minimum atomic E-state index is -3.90. The third-order valence-corrected chi connectivity index (χ3v) is 4.34. The van der Waals surface area contributed by atoms with Crippen molar-refractivity contribution in [3.63, 3.8) is 0 Å². The number of furan rings is 1. The summed E-state index contributed by atoms with van der Waals surface area (Å²) in [5.74, 6) is 0.197. The predicted molar refractivity (Wildman–Crippen MR) is 77.5 cm³/mol. The Labute approximate surface area is 124 Å². The molecule has 5 nitrogen and oxygen atoms in total. The molecule has 7 heteroatoms. The maximum absolute atomic E-state index is 11.9. The number of hydrogen-bond acceptors (Lipinski definition) is 4. The summed E-state index contributed by atoms with van der Waals surface area (Å²) in [6, 6.07) is 1.15. The van der Waals surface area contributed by atoms with Gasteiger partial charge < -0.3 is 9.73 Å². The smallest absolute Gasteiger partial charge is 0.287 e. The number of carbonyl (C=O) groups is 1. The second-order valence-corrected chi connectivity index (χ2v) is 7.85. The Morgan fingerprint density at radius 3 is 2.40 bits per heavy atom. The SMILES string of the molecule is Cc1oc(C(=O)NC(C)CCC(C)C)cc1S(=O)(=O)Cl. The van der Waals surface area contributed by atoms with E-state index in [1.165, 1.54) is 6.92 Å². The van der Waals surface area contributed by atoms with Gasteiger partial charge in [0.25, 0.3) is 15.0 Å². The lowest BCUT2D eigenvalue weighted by atomic mass is 10.0. The second-order valence-electron chi connectivity index (χ2n) is 5.31. The summed E-state index contributed by atoms with van der Waals surface area (Å²) >= 11 is 0. The number of carbonyl (C=O) groups excluding carboxylic acids is 1. The zero-order valence-electron chi connectivity index (χ0n) is 12.1. The summed E-state index contributed by atoms with van der Waals surface area (Å²) in [5.41, 5.74) is 0. The summed E-state index contributed by atoms with van der Waals surface area (Å²) in [5, 5.41) is 2.77. The van der Waals surface area contributed by atoms with Gasteiger partial charge in [-0.1, -0.05) is 13.8 Å². The van der Waals surface area contributed by atoms with Crippen LogP contribution in [0.5, 0.6) is 0 Å². The van der Waals surface area contributed by atoms with Crippen molar-refractivity contribution in [1.82, 2.24) is 5.32 Å². The van der Waals surface area contributed by atoms with E-state index in [4.69, 9.17) is 15.1 Å². The fraction of sp³-hybridized carbons (Fsp3) is 0.615. The zero-order chi connectivity index (χ0) is 15.5. The Balaban J connectivity index is 2.74. The van der Waals surface area contributed by atoms with Crippen LogP contribution in [0.2, 0.25) is 0 Å². The first-order valence-electron chi connectivity index (χ1n) is 6.47. The standard InChI is InChI=1S/C13H20ClNO4S/c1-8(2)5-6-9(3)15-13(16)11-7-12(10(4)19-11)20(14,17)18/h7-9H,5-6H2,1-4H3,(H,15,16). The molecular formula is C13H20ClNO4S. The van der Waals surface area contributed by atoms with Gasteiger partial charge in [0.1, 0.15) is 10.7 Å². The Morgan fingerprint density at radius 2 is 1.95 bits per heavy atom. The average molecular weight is 322 g/mol. The van der Waals surface area contributed by atoms with Crippen molar-refractivity contribution in [3.8, 4) is 0 Å². The molecule has 0 spiro atoms. The van der Waals surface area contributed by atoms with E-state index in [0.717, 1.165) is 18.9 Å². The molecule has 1 heterocycles. The molecule has 1 atom stereocenters. The molecule has 1 amide bonds. The first-order valence-corrected chi connectivity index (χ1v) is 8.78. The first kappa shape index (κ1) is 17.0. The highest BCUT2D eigenvalue weighted by atomic mass is 35.7. The van der Waals surface area contributed by atoms with Gasteiger partial charge in [-0.15, -0.1) is 0 Å². The molecule has 0 fully saturated rings. The zero-order valence-corrected chi connectivity index (χ0v) is 13.6. The predicted octanol–water partition coefficient (Wildman–Crippen LogP) is 3.07.